The molecule has 0 fully saturated rings. The van der Waals surface area contributed by atoms with Crippen molar-refractivity contribution in [3.63, 3.8) is 0 Å². The smallest absolute Gasteiger partial charge is 0.162 e. The first-order chi connectivity index (χ1) is 14.8. The van der Waals surface area contributed by atoms with E-state index in [0.717, 1.165) is 11.3 Å². The van der Waals surface area contributed by atoms with Crippen LogP contribution >= 0.6 is 23.2 Å². The number of hydrogen-bond acceptors (Lipinski definition) is 5. The predicted octanol–water partition coefficient (Wildman–Crippen LogP) is 4.96. The lowest BCUT2D eigenvalue weighted by molar-refractivity contribution is -0.117. The van der Waals surface area contributed by atoms with Crippen molar-refractivity contribution in [1.29, 1.82) is 5.26 Å². The number of benzene rings is 2. The Labute approximate surface area is 191 Å². The molecule has 1 aliphatic carbocycles. The second kappa shape index (κ2) is 8.39. The number of carbonyl (C=O) groups excluding carboxylic acids is 1. The van der Waals surface area contributed by atoms with Crippen LogP contribution in [0.5, 0.6) is 0 Å². The Bertz CT molecular complexity index is 1150. The molecule has 5 nitrogen and oxygen atoms in total. The summed E-state index contributed by atoms with van der Waals surface area (Å²) in [5.74, 6) is -0.328. The zero-order valence-corrected chi connectivity index (χ0v) is 18.8. The number of nitriles is 1. The first kappa shape index (κ1) is 21.5. The maximum atomic E-state index is 13.6. The summed E-state index contributed by atoms with van der Waals surface area (Å²) >= 11 is 12.8. The van der Waals surface area contributed by atoms with Gasteiger partial charge >= 0.3 is 0 Å². The molecular formula is C24H22Cl2N4O. The van der Waals surface area contributed by atoms with Gasteiger partial charge in [-0.25, -0.2) is 5.01 Å². The van der Waals surface area contributed by atoms with Gasteiger partial charge in [0, 0.05) is 31.8 Å². The third kappa shape index (κ3) is 3.61. The molecule has 0 spiro atoms. The number of Topliss-reactive ketones (excluding diaryl/α,β-unsaturated/α-hetero) is 1. The second-order valence-corrected chi connectivity index (χ2v) is 8.73. The van der Waals surface area contributed by atoms with Crippen LogP contribution in [0.15, 0.2) is 71.2 Å². The number of halogens is 2. The van der Waals surface area contributed by atoms with Crippen LogP contribution < -0.4 is 5.73 Å². The highest BCUT2D eigenvalue weighted by atomic mass is 35.5. The molecule has 0 amide bonds. The molecule has 0 saturated heterocycles. The standard InChI is InChI=1S/C24H22Cl2N4O/c1-29(2)30-19-11-15(14-7-4-3-5-8-14)12-20(31)22(19)21(17(13-27)24(30)28)16-9-6-10-18(25)23(16)26/h3-10,15,21H,11-12,28H2,1-2H3/t15-,21-/m0/s1. The molecule has 0 radical (unpaired) electrons. The molecule has 7 heteroatoms. The normalized spacial score (nSPS) is 21.4. The van der Waals surface area contributed by atoms with Crippen LogP contribution in [-0.2, 0) is 4.79 Å². The molecule has 2 atom stereocenters. The third-order valence-electron chi connectivity index (χ3n) is 5.90. The molecule has 0 unspecified atom stereocenters. The predicted molar refractivity (Wildman–Crippen MR) is 122 cm³/mol. The van der Waals surface area contributed by atoms with Gasteiger partial charge in [-0.15, -0.1) is 0 Å². The van der Waals surface area contributed by atoms with E-state index in [1.165, 1.54) is 0 Å². The summed E-state index contributed by atoms with van der Waals surface area (Å²) in [6, 6.07) is 17.5. The fourth-order valence-corrected chi connectivity index (χ4v) is 5.00. The molecular weight excluding hydrogens is 431 g/mol. The number of allylic oxidation sites excluding steroid dienone is 3. The SMILES string of the molecule is CN(C)N1C(N)=C(C#N)[C@H](c2cccc(Cl)c2Cl)C2=C1C[C@H](c1ccccc1)CC2=O. The molecule has 2 aliphatic rings. The molecule has 4 rings (SSSR count). The molecule has 2 aromatic carbocycles. The van der Waals surface area contributed by atoms with Gasteiger partial charge in [-0.1, -0.05) is 65.7 Å². The van der Waals surface area contributed by atoms with Gasteiger partial charge in [-0.3, -0.25) is 9.80 Å². The molecule has 158 valence electrons. The second-order valence-electron chi connectivity index (χ2n) is 7.95. The Morgan fingerprint density at radius 2 is 1.81 bits per heavy atom. The first-order valence-corrected chi connectivity index (χ1v) is 10.7. The lowest BCUT2D eigenvalue weighted by Gasteiger charge is -2.44. The molecule has 2 N–H and O–H groups in total. The lowest BCUT2D eigenvalue weighted by Crippen LogP contribution is -2.46. The van der Waals surface area contributed by atoms with E-state index in [1.807, 2.05) is 44.4 Å². The lowest BCUT2D eigenvalue weighted by atomic mass is 9.72. The fourth-order valence-electron chi connectivity index (χ4n) is 4.58. The van der Waals surface area contributed by atoms with Gasteiger partial charge < -0.3 is 5.73 Å². The highest BCUT2D eigenvalue weighted by Crippen LogP contribution is 2.49. The number of nitrogens with two attached hydrogens (primary N) is 1. The molecule has 1 heterocycles. The van der Waals surface area contributed by atoms with E-state index in [4.69, 9.17) is 28.9 Å². The van der Waals surface area contributed by atoms with Crippen molar-refractivity contribution < 1.29 is 4.79 Å². The average Bonchev–Trinajstić information content (AvgIpc) is 2.75. The van der Waals surface area contributed by atoms with E-state index in [2.05, 4.69) is 6.07 Å². The van der Waals surface area contributed by atoms with Gasteiger partial charge in [0.1, 0.15) is 5.82 Å². The quantitative estimate of drug-likeness (QED) is 0.711. The van der Waals surface area contributed by atoms with Crippen LogP contribution in [0.2, 0.25) is 10.0 Å². The number of nitrogens with zero attached hydrogens (tertiary/aromatic N) is 3. The summed E-state index contributed by atoms with van der Waals surface area (Å²) in [4.78, 5) is 13.6. The Kier molecular flexibility index (Phi) is 5.81. The summed E-state index contributed by atoms with van der Waals surface area (Å²) in [7, 11) is 3.69. The van der Waals surface area contributed by atoms with Crippen molar-refractivity contribution in [2.24, 2.45) is 5.73 Å². The van der Waals surface area contributed by atoms with E-state index < -0.39 is 5.92 Å². The van der Waals surface area contributed by atoms with E-state index in [0.29, 0.717) is 45.4 Å². The van der Waals surface area contributed by atoms with Gasteiger partial charge in [0.15, 0.2) is 5.78 Å². The molecule has 1 aliphatic heterocycles. The van der Waals surface area contributed by atoms with E-state index in [-0.39, 0.29) is 11.7 Å². The molecule has 0 aromatic heterocycles. The minimum atomic E-state index is -0.647. The topological polar surface area (TPSA) is 73.4 Å². The third-order valence-corrected chi connectivity index (χ3v) is 6.74. The highest BCUT2D eigenvalue weighted by Gasteiger charge is 2.43. The van der Waals surface area contributed by atoms with Crippen LogP contribution in [0.3, 0.4) is 0 Å². The van der Waals surface area contributed by atoms with Crippen LogP contribution in [0.4, 0.5) is 0 Å². The van der Waals surface area contributed by atoms with Crippen molar-refractivity contribution in [3.05, 3.63) is 92.4 Å². The van der Waals surface area contributed by atoms with Crippen molar-refractivity contribution in [2.75, 3.05) is 14.1 Å². The monoisotopic (exact) mass is 452 g/mol. The maximum Gasteiger partial charge on any atom is 0.162 e. The van der Waals surface area contributed by atoms with Crippen molar-refractivity contribution in [1.82, 2.24) is 10.0 Å². The van der Waals surface area contributed by atoms with Gasteiger partial charge in [-0.2, -0.15) is 5.26 Å². The summed E-state index contributed by atoms with van der Waals surface area (Å²) < 4.78 is 0. The molecule has 31 heavy (non-hydrogen) atoms. The minimum Gasteiger partial charge on any atom is -0.383 e. The van der Waals surface area contributed by atoms with Gasteiger partial charge in [0.25, 0.3) is 0 Å². The van der Waals surface area contributed by atoms with Crippen LogP contribution in [0.25, 0.3) is 0 Å². The number of hydrogen-bond donors (Lipinski definition) is 1. The highest BCUT2D eigenvalue weighted by molar-refractivity contribution is 6.42. The van der Waals surface area contributed by atoms with Gasteiger partial charge in [-0.05, 0) is 29.5 Å². The molecule has 2 aromatic rings. The summed E-state index contributed by atoms with van der Waals surface area (Å²) in [6.07, 6.45) is 0.981. The fraction of sp³-hybridized carbons (Fsp3) is 0.250. The Balaban J connectivity index is 1.93. The van der Waals surface area contributed by atoms with E-state index in [1.54, 1.807) is 28.2 Å². The number of hydrazine groups is 1. The molecule has 0 saturated carbocycles. The average molecular weight is 453 g/mol. The summed E-state index contributed by atoms with van der Waals surface area (Å²) in [5, 5.41) is 14.3. The van der Waals surface area contributed by atoms with Crippen molar-refractivity contribution in [2.45, 2.75) is 24.7 Å². The number of carbonyl (C=O) groups is 1. The first-order valence-electron chi connectivity index (χ1n) is 9.97. The largest absolute Gasteiger partial charge is 0.383 e. The van der Waals surface area contributed by atoms with Crippen LogP contribution in [0.1, 0.15) is 35.8 Å². The Morgan fingerprint density at radius 3 is 2.45 bits per heavy atom. The summed E-state index contributed by atoms with van der Waals surface area (Å²) in [6.45, 7) is 0. The van der Waals surface area contributed by atoms with Gasteiger partial charge in [0.05, 0.1) is 27.6 Å². The van der Waals surface area contributed by atoms with Crippen molar-refractivity contribution >= 4 is 29.0 Å². The number of ketones is 1. The van der Waals surface area contributed by atoms with Gasteiger partial charge in [0.2, 0.25) is 0 Å². The zero-order valence-electron chi connectivity index (χ0n) is 17.3. The maximum absolute atomic E-state index is 13.6. The zero-order chi connectivity index (χ0) is 22.3. The van der Waals surface area contributed by atoms with Crippen LogP contribution in [0, 0.1) is 11.3 Å². The Hall–Kier alpha value is -2.78. The van der Waals surface area contributed by atoms with E-state index >= 15 is 0 Å². The Morgan fingerprint density at radius 1 is 1.10 bits per heavy atom. The number of rotatable bonds is 3. The summed E-state index contributed by atoms with van der Waals surface area (Å²) in [5.41, 5.74) is 9.89. The van der Waals surface area contributed by atoms with Crippen molar-refractivity contribution in [3.8, 4) is 6.07 Å². The van der Waals surface area contributed by atoms with Crippen LogP contribution in [-0.4, -0.2) is 29.9 Å². The minimum absolute atomic E-state index is 0.0109. The van der Waals surface area contributed by atoms with E-state index in [9.17, 15) is 10.1 Å². The molecule has 0 bridgehead atoms.